The lowest BCUT2D eigenvalue weighted by atomic mass is 9.76. The van der Waals surface area contributed by atoms with E-state index >= 15 is 0 Å². The van der Waals surface area contributed by atoms with Crippen LogP contribution in [0, 0.1) is 0 Å². The average molecular weight is 718 g/mol. The van der Waals surface area contributed by atoms with Crippen LogP contribution in [0.4, 0.5) is 5.69 Å². The van der Waals surface area contributed by atoms with Gasteiger partial charge in [-0.25, -0.2) is 9.88 Å². The van der Waals surface area contributed by atoms with Crippen molar-refractivity contribution < 1.29 is 19.2 Å². The second-order valence-corrected chi connectivity index (χ2v) is 15.7. The van der Waals surface area contributed by atoms with Gasteiger partial charge in [-0.05, 0) is 116 Å². The van der Waals surface area contributed by atoms with Crippen LogP contribution < -0.4 is 10.5 Å². The van der Waals surface area contributed by atoms with Crippen molar-refractivity contribution in [2.24, 2.45) is 0 Å². The highest BCUT2D eigenvalue weighted by Gasteiger charge is 2.43. The molecule has 4 aromatic carbocycles. The zero-order valence-corrected chi connectivity index (χ0v) is 30.8. The van der Waals surface area contributed by atoms with Gasteiger partial charge in [0, 0.05) is 33.0 Å². The number of nitrogens with zero attached hydrogens (tertiary/aromatic N) is 2. The third kappa shape index (κ3) is 5.40. The summed E-state index contributed by atoms with van der Waals surface area (Å²) in [6.45, 7) is 4.11. The van der Waals surface area contributed by atoms with Crippen molar-refractivity contribution in [2.75, 3.05) is 4.90 Å². The summed E-state index contributed by atoms with van der Waals surface area (Å²) in [6, 6.07) is 18.1. The van der Waals surface area contributed by atoms with E-state index in [9.17, 15) is 24.0 Å². The topological polar surface area (TPSA) is 117 Å². The number of benzene rings is 4. The van der Waals surface area contributed by atoms with E-state index in [0.29, 0.717) is 33.3 Å². The number of anilines is 1. The van der Waals surface area contributed by atoms with Gasteiger partial charge in [0.2, 0.25) is 0 Å². The molecule has 3 aliphatic carbocycles. The molecule has 8 heteroatoms. The minimum absolute atomic E-state index is 0.0247. The van der Waals surface area contributed by atoms with Crippen molar-refractivity contribution in [1.82, 2.24) is 9.97 Å². The number of aromatic nitrogens is 2. The van der Waals surface area contributed by atoms with Crippen molar-refractivity contribution in [2.45, 2.75) is 102 Å². The Morgan fingerprint density at radius 1 is 0.741 bits per heavy atom. The molecule has 9 rings (SSSR count). The van der Waals surface area contributed by atoms with E-state index in [4.69, 9.17) is 0 Å². The Bertz CT molecular complexity index is 2460. The van der Waals surface area contributed by atoms with Crippen LogP contribution in [0.3, 0.4) is 0 Å². The van der Waals surface area contributed by atoms with Crippen LogP contribution in [0.2, 0.25) is 0 Å². The summed E-state index contributed by atoms with van der Waals surface area (Å²) in [5, 5.41) is 1.00. The molecule has 1 aliphatic heterocycles. The fraction of sp³-hybridized carbons (Fsp3) is 0.348. The SMILES string of the molecule is CCCC=C(C)c1ccc2c(=O)[nH]c(C3C(=O)c4ccc5c6c(ccc(c46)C3=O)C(=O)N(c3ccc(C4CCCCC4)cc3C3CCCC3)C5=O)nc2c1. The number of hydrogen-bond acceptors (Lipinski definition) is 6. The number of unbranched alkanes of at least 4 members (excludes halogenated alkanes) is 1. The number of nitrogens with one attached hydrogen (secondary N) is 1. The van der Waals surface area contributed by atoms with E-state index in [1.807, 2.05) is 25.1 Å². The first-order chi connectivity index (χ1) is 26.2. The highest BCUT2D eigenvalue weighted by Crippen LogP contribution is 2.46. The maximum atomic E-state index is 14.5. The van der Waals surface area contributed by atoms with Gasteiger partial charge in [0.25, 0.3) is 17.4 Å². The third-order valence-electron chi connectivity index (χ3n) is 12.4. The molecule has 0 saturated heterocycles. The van der Waals surface area contributed by atoms with Gasteiger partial charge in [0.15, 0.2) is 11.6 Å². The van der Waals surface area contributed by atoms with Gasteiger partial charge in [0.1, 0.15) is 11.7 Å². The third-order valence-corrected chi connectivity index (χ3v) is 12.4. The molecule has 1 N–H and O–H groups in total. The number of Topliss-reactive ketones (excluding diaryl/α,β-unsaturated/α-hetero) is 2. The highest BCUT2D eigenvalue weighted by atomic mass is 16.2. The highest BCUT2D eigenvalue weighted by molar-refractivity contribution is 6.40. The van der Waals surface area contributed by atoms with E-state index in [-0.39, 0.29) is 34.0 Å². The Labute approximate surface area is 313 Å². The largest absolute Gasteiger partial charge is 0.309 e. The maximum Gasteiger partial charge on any atom is 0.265 e. The van der Waals surface area contributed by atoms with Crippen LogP contribution in [0.25, 0.3) is 27.2 Å². The molecule has 0 bridgehead atoms. The molecule has 2 saturated carbocycles. The smallest absolute Gasteiger partial charge is 0.265 e. The summed E-state index contributed by atoms with van der Waals surface area (Å²) in [5.74, 6) is -2.60. The minimum Gasteiger partial charge on any atom is -0.309 e. The molecule has 272 valence electrons. The van der Waals surface area contributed by atoms with Gasteiger partial charge < -0.3 is 4.98 Å². The number of allylic oxidation sites excluding steroid dienone is 2. The van der Waals surface area contributed by atoms with Crippen molar-refractivity contribution in [1.29, 1.82) is 0 Å². The van der Waals surface area contributed by atoms with E-state index in [2.05, 4.69) is 35.1 Å². The number of hydrogen-bond donors (Lipinski definition) is 1. The number of H-pyrrole nitrogens is 1. The van der Waals surface area contributed by atoms with Crippen LogP contribution in [-0.2, 0) is 0 Å². The molecule has 0 spiro atoms. The van der Waals surface area contributed by atoms with Gasteiger partial charge in [-0.3, -0.25) is 24.0 Å². The Hall–Kier alpha value is -5.50. The monoisotopic (exact) mass is 717 g/mol. The maximum absolute atomic E-state index is 14.5. The second-order valence-electron chi connectivity index (χ2n) is 15.7. The molecular formula is C46H43N3O5. The standard InChI is InChI=1S/C46H43N3O5/c1-3-4-10-25(2)28-15-17-30-36(24-28)47-43(48-44(30)52)40-41(50)31-18-20-33-39-34(21-19-32(38(31)39)42(40)51)46(54)49(45(33)53)37-22-16-29(26-11-6-5-7-12-26)23-35(37)27-13-8-9-14-27/h10,15-24,26-27,40H,3-9,11-14H2,1-2H3,(H,47,48,52). The molecule has 4 aliphatic rings. The zero-order valence-electron chi connectivity index (χ0n) is 30.8. The molecule has 2 heterocycles. The van der Waals surface area contributed by atoms with Gasteiger partial charge in [-0.15, -0.1) is 0 Å². The molecule has 2 fully saturated rings. The Balaban J connectivity index is 1.12. The first-order valence-electron chi connectivity index (χ1n) is 19.7. The van der Waals surface area contributed by atoms with Crippen LogP contribution >= 0.6 is 0 Å². The first-order valence-corrected chi connectivity index (χ1v) is 19.7. The molecule has 0 atom stereocenters. The minimum atomic E-state index is -1.38. The number of carbonyl (C=O) groups is 4. The predicted octanol–water partition coefficient (Wildman–Crippen LogP) is 9.95. The van der Waals surface area contributed by atoms with Gasteiger partial charge in [-0.2, -0.15) is 0 Å². The lowest BCUT2D eigenvalue weighted by Gasteiger charge is -2.33. The molecule has 2 amide bonds. The molecule has 5 aromatic rings. The number of amides is 2. The summed E-state index contributed by atoms with van der Waals surface area (Å²) < 4.78 is 0. The average Bonchev–Trinajstić information content (AvgIpc) is 3.74. The number of fused-ring (bicyclic) bond motifs is 1. The Morgan fingerprint density at radius 2 is 1.35 bits per heavy atom. The molecular weight excluding hydrogens is 675 g/mol. The Morgan fingerprint density at radius 3 is 2.02 bits per heavy atom. The molecule has 0 unspecified atom stereocenters. The molecule has 54 heavy (non-hydrogen) atoms. The molecule has 1 aromatic heterocycles. The van der Waals surface area contributed by atoms with Crippen LogP contribution in [0.1, 0.15) is 166 Å². The predicted molar refractivity (Wildman–Crippen MR) is 211 cm³/mol. The number of imide groups is 1. The number of rotatable bonds is 7. The summed E-state index contributed by atoms with van der Waals surface area (Å²) in [7, 11) is 0. The lowest BCUT2D eigenvalue weighted by molar-refractivity contribution is 0.0842. The van der Waals surface area contributed by atoms with E-state index < -0.39 is 34.9 Å². The van der Waals surface area contributed by atoms with Crippen molar-refractivity contribution in [3.05, 3.63) is 122 Å². The lowest BCUT2D eigenvalue weighted by Crippen LogP contribution is -2.42. The fourth-order valence-corrected chi connectivity index (χ4v) is 9.54. The Kier molecular flexibility index (Phi) is 8.52. The zero-order chi connectivity index (χ0) is 37.2. The number of aromatic amines is 1. The quantitative estimate of drug-likeness (QED) is 0.132. The van der Waals surface area contributed by atoms with Crippen LogP contribution in [-0.4, -0.2) is 33.3 Å². The van der Waals surface area contributed by atoms with E-state index in [1.165, 1.54) is 29.7 Å². The second kappa shape index (κ2) is 13.4. The van der Waals surface area contributed by atoms with E-state index in [1.54, 1.807) is 30.3 Å². The molecule has 0 radical (unpaired) electrons. The molecule has 8 nitrogen and oxygen atoms in total. The van der Waals surface area contributed by atoms with Gasteiger partial charge in [-0.1, -0.05) is 69.7 Å². The van der Waals surface area contributed by atoms with Crippen LogP contribution in [0.15, 0.2) is 71.5 Å². The van der Waals surface area contributed by atoms with Crippen molar-refractivity contribution in [3.8, 4) is 0 Å². The van der Waals surface area contributed by atoms with Gasteiger partial charge in [0.05, 0.1) is 16.6 Å². The van der Waals surface area contributed by atoms with Crippen molar-refractivity contribution in [3.63, 3.8) is 0 Å². The van der Waals surface area contributed by atoms with Crippen LogP contribution in [0.5, 0.6) is 0 Å². The first kappa shape index (κ1) is 34.3. The number of carbonyl (C=O) groups excluding carboxylic acids is 4. The normalized spacial score (nSPS) is 18.5. The van der Waals surface area contributed by atoms with E-state index in [0.717, 1.165) is 68.1 Å². The summed E-state index contributed by atoms with van der Waals surface area (Å²) in [6.07, 6.45) is 14.4. The summed E-state index contributed by atoms with van der Waals surface area (Å²) in [5.41, 5.74) is 5.93. The fourth-order valence-electron chi connectivity index (χ4n) is 9.54. The summed E-state index contributed by atoms with van der Waals surface area (Å²) in [4.78, 5) is 79.7. The number of ketones is 2. The van der Waals surface area contributed by atoms with Crippen molar-refractivity contribution >= 4 is 56.3 Å². The summed E-state index contributed by atoms with van der Waals surface area (Å²) >= 11 is 0. The van der Waals surface area contributed by atoms with Gasteiger partial charge >= 0.3 is 0 Å².